The summed E-state index contributed by atoms with van der Waals surface area (Å²) in [4.78, 5) is 4.38. The smallest absolute Gasteiger partial charge is 0.0372 e. The van der Waals surface area contributed by atoms with Crippen LogP contribution in [0.4, 0.5) is 0 Å². The van der Waals surface area contributed by atoms with Crippen LogP contribution in [0.2, 0.25) is 0 Å². The van der Waals surface area contributed by atoms with E-state index in [-0.39, 0.29) is 0 Å². The van der Waals surface area contributed by atoms with E-state index < -0.39 is 0 Å². The Morgan fingerprint density at radius 1 is 1.20 bits per heavy atom. The molecule has 1 aromatic rings. The third-order valence-corrected chi connectivity index (χ3v) is 3.25. The van der Waals surface area contributed by atoms with Gasteiger partial charge < -0.3 is 5.32 Å². The number of pyridine rings is 1. The zero-order valence-corrected chi connectivity index (χ0v) is 9.83. The average molecular weight is 204 g/mol. The summed E-state index contributed by atoms with van der Waals surface area (Å²) in [6.45, 7) is 6.58. The van der Waals surface area contributed by atoms with Gasteiger partial charge in [0, 0.05) is 24.0 Å². The van der Waals surface area contributed by atoms with Crippen LogP contribution >= 0.6 is 0 Å². The molecule has 15 heavy (non-hydrogen) atoms. The lowest BCUT2D eigenvalue weighted by molar-refractivity contribution is 0.316. The van der Waals surface area contributed by atoms with Crippen molar-refractivity contribution in [3.8, 4) is 0 Å². The molecule has 1 saturated heterocycles. The molecule has 1 aliphatic heterocycles. The van der Waals surface area contributed by atoms with E-state index in [0.29, 0.717) is 18.0 Å². The number of nitrogens with zero attached hydrogens (tertiary/aromatic N) is 1. The van der Waals surface area contributed by atoms with Crippen molar-refractivity contribution in [2.24, 2.45) is 0 Å². The van der Waals surface area contributed by atoms with Gasteiger partial charge in [0.1, 0.15) is 0 Å². The van der Waals surface area contributed by atoms with Crippen LogP contribution in [0, 0.1) is 6.92 Å². The minimum atomic E-state index is 0.625. The van der Waals surface area contributed by atoms with Crippen LogP contribution in [0.15, 0.2) is 18.3 Å². The summed E-state index contributed by atoms with van der Waals surface area (Å²) < 4.78 is 0. The van der Waals surface area contributed by atoms with E-state index in [9.17, 15) is 0 Å². The third kappa shape index (κ3) is 2.57. The fourth-order valence-corrected chi connectivity index (χ4v) is 2.56. The number of piperidine rings is 1. The van der Waals surface area contributed by atoms with Gasteiger partial charge in [0.05, 0.1) is 0 Å². The Labute approximate surface area is 92.1 Å². The first-order chi connectivity index (χ1) is 7.15. The molecule has 2 nitrogen and oxygen atoms in total. The van der Waals surface area contributed by atoms with Crippen LogP contribution in [0.1, 0.15) is 43.9 Å². The van der Waals surface area contributed by atoms with Crippen molar-refractivity contribution in [3.05, 3.63) is 29.6 Å². The van der Waals surface area contributed by atoms with Crippen molar-refractivity contribution >= 4 is 0 Å². The largest absolute Gasteiger partial charge is 0.312 e. The topological polar surface area (TPSA) is 24.9 Å². The van der Waals surface area contributed by atoms with Gasteiger partial charge in [-0.2, -0.15) is 0 Å². The quantitative estimate of drug-likeness (QED) is 0.760. The lowest BCUT2D eigenvalue weighted by atomic mass is 9.84. The van der Waals surface area contributed by atoms with E-state index in [4.69, 9.17) is 0 Å². The standard InChI is InChI=1S/C13H20N2/c1-9-4-5-12(8-14-9)13-6-10(2)15-11(3)7-13/h4-5,8,10-11,13,15H,6-7H2,1-3H3. The Morgan fingerprint density at radius 3 is 2.40 bits per heavy atom. The van der Waals surface area contributed by atoms with Gasteiger partial charge in [0.15, 0.2) is 0 Å². The number of nitrogens with one attached hydrogen (secondary N) is 1. The third-order valence-electron chi connectivity index (χ3n) is 3.25. The molecule has 2 heterocycles. The second kappa shape index (κ2) is 4.31. The molecule has 1 aliphatic rings. The molecule has 1 N–H and O–H groups in total. The maximum Gasteiger partial charge on any atom is 0.0372 e. The zero-order chi connectivity index (χ0) is 10.8. The first-order valence-electron chi connectivity index (χ1n) is 5.83. The van der Waals surface area contributed by atoms with Crippen molar-refractivity contribution in [1.29, 1.82) is 0 Å². The van der Waals surface area contributed by atoms with E-state index >= 15 is 0 Å². The predicted octanol–water partition coefficient (Wildman–Crippen LogP) is 2.63. The van der Waals surface area contributed by atoms with Crippen LogP contribution in [-0.2, 0) is 0 Å². The molecular weight excluding hydrogens is 184 g/mol. The molecule has 0 radical (unpaired) electrons. The minimum absolute atomic E-state index is 0.625. The SMILES string of the molecule is Cc1ccc(C2CC(C)NC(C)C2)cn1. The van der Waals surface area contributed by atoms with Crippen molar-refractivity contribution in [1.82, 2.24) is 10.3 Å². The van der Waals surface area contributed by atoms with Gasteiger partial charge in [-0.25, -0.2) is 0 Å². The first kappa shape index (κ1) is 10.6. The minimum Gasteiger partial charge on any atom is -0.312 e. The maximum atomic E-state index is 4.38. The van der Waals surface area contributed by atoms with E-state index in [1.54, 1.807) is 0 Å². The summed E-state index contributed by atoms with van der Waals surface area (Å²) in [5.74, 6) is 0.685. The highest BCUT2D eigenvalue weighted by Gasteiger charge is 2.24. The Bertz CT molecular complexity index is 308. The van der Waals surface area contributed by atoms with Crippen LogP contribution in [0.3, 0.4) is 0 Å². The van der Waals surface area contributed by atoms with Crippen LogP contribution in [0.5, 0.6) is 0 Å². The molecule has 82 valence electrons. The molecule has 0 bridgehead atoms. The van der Waals surface area contributed by atoms with Gasteiger partial charge in [-0.05, 0) is 51.2 Å². The molecule has 0 saturated carbocycles. The molecule has 2 heteroatoms. The summed E-state index contributed by atoms with van der Waals surface area (Å²) in [5, 5.41) is 3.57. The lowest BCUT2D eigenvalue weighted by Gasteiger charge is -2.33. The summed E-state index contributed by atoms with van der Waals surface area (Å²) in [6, 6.07) is 5.60. The Hall–Kier alpha value is -0.890. The molecule has 2 unspecified atom stereocenters. The summed E-state index contributed by atoms with van der Waals surface area (Å²) >= 11 is 0. The number of hydrogen-bond acceptors (Lipinski definition) is 2. The molecule has 0 aliphatic carbocycles. The summed E-state index contributed by atoms with van der Waals surface area (Å²) in [6.07, 6.45) is 4.51. The summed E-state index contributed by atoms with van der Waals surface area (Å²) in [7, 11) is 0. The van der Waals surface area contributed by atoms with Crippen molar-refractivity contribution < 1.29 is 0 Å². The first-order valence-corrected chi connectivity index (χ1v) is 5.83. The highest BCUT2D eigenvalue weighted by molar-refractivity contribution is 5.19. The molecule has 0 amide bonds. The Morgan fingerprint density at radius 2 is 1.87 bits per heavy atom. The Kier molecular flexibility index (Phi) is 3.06. The van der Waals surface area contributed by atoms with Crippen molar-refractivity contribution in [2.75, 3.05) is 0 Å². The number of aryl methyl sites for hydroxylation is 1. The number of hydrogen-bond donors (Lipinski definition) is 1. The highest BCUT2D eigenvalue weighted by Crippen LogP contribution is 2.29. The van der Waals surface area contributed by atoms with Gasteiger partial charge in [0.25, 0.3) is 0 Å². The van der Waals surface area contributed by atoms with Crippen LogP contribution in [-0.4, -0.2) is 17.1 Å². The van der Waals surface area contributed by atoms with Gasteiger partial charge in [-0.1, -0.05) is 6.07 Å². The highest BCUT2D eigenvalue weighted by atomic mass is 15.0. The number of rotatable bonds is 1. The van der Waals surface area contributed by atoms with Gasteiger partial charge >= 0.3 is 0 Å². The molecule has 0 aromatic carbocycles. The molecule has 2 rings (SSSR count). The van der Waals surface area contributed by atoms with Crippen LogP contribution in [0.25, 0.3) is 0 Å². The fourth-order valence-electron chi connectivity index (χ4n) is 2.56. The van der Waals surface area contributed by atoms with E-state index in [0.717, 1.165) is 5.69 Å². The predicted molar refractivity (Wildman–Crippen MR) is 63.0 cm³/mol. The maximum absolute atomic E-state index is 4.38. The van der Waals surface area contributed by atoms with Crippen molar-refractivity contribution in [3.63, 3.8) is 0 Å². The van der Waals surface area contributed by atoms with Crippen LogP contribution < -0.4 is 5.32 Å². The molecular formula is C13H20N2. The van der Waals surface area contributed by atoms with E-state index in [2.05, 4.69) is 36.3 Å². The molecule has 1 fully saturated rings. The summed E-state index contributed by atoms with van der Waals surface area (Å²) in [5.41, 5.74) is 2.51. The average Bonchev–Trinajstić information content (AvgIpc) is 2.17. The molecule has 1 aromatic heterocycles. The normalized spacial score (nSPS) is 31.5. The molecule has 0 spiro atoms. The second-order valence-corrected chi connectivity index (χ2v) is 4.87. The van der Waals surface area contributed by atoms with E-state index in [1.165, 1.54) is 18.4 Å². The monoisotopic (exact) mass is 204 g/mol. The fraction of sp³-hybridized carbons (Fsp3) is 0.615. The zero-order valence-electron chi connectivity index (χ0n) is 9.83. The Balaban J connectivity index is 2.12. The second-order valence-electron chi connectivity index (χ2n) is 4.87. The number of aromatic nitrogens is 1. The molecule has 2 atom stereocenters. The van der Waals surface area contributed by atoms with Gasteiger partial charge in [-0.3, -0.25) is 4.98 Å². The van der Waals surface area contributed by atoms with Crippen molar-refractivity contribution in [2.45, 2.75) is 51.6 Å². The lowest BCUT2D eigenvalue weighted by Crippen LogP contribution is -2.41. The van der Waals surface area contributed by atoms with E-state index in [1.807, 2.05) is 13.1 Å². The van der Waals surface area contributed by atoms with Gasteiger partial charge in [0.2, 0.25) is 0 Å². The van der Waals surface area contributed by atoms with Gasteiger partial charge in [-0.15, -0.1) is 0 Å².